The lowest BCUT2D eigenvalue weighted by Gasteiger charge is -2.15. The Bertz CT molecular complexity index is 733. The fourth-order valence-electron chi connectivity index (χ4n) is 2.33. The predicted molar refractivity (Wildman–Crippen MR) is 78.0 cm³/mol. The maximum atomic E-state index is 13.3. The molecule has 0 aliphatic heterocycles. The Morgan fingerprint density at radius 1 is 1.45 bits per heavy atom. The first-order valence-electron chi connectivity index (χ1n) is 6.64. The van der Waals surface area contributed by atoms with Gasteiger partial charge in [-0.05, 0) is 25.5 Å². The van der Waals surface area contributed by atoms with Gasteiger partial charge in [0.15, 0.2) is 11.9 Å². The van der Waals surface area contributed by atoms with E-state index in [1.807, 2.05) is 0 Å². The van der Waals surface area contributed by atoms with Crippen LogP contribution in [0, 0.1) is 5.92 Å². The summed E-state index contributed by atoms with van der Waals surface area (Å²) in [6.45, 7) is -1.30. The van der Waals surface area contributed by atoms with Gasteiger partial charge in [0.2, 0.25) is 0 Å². The Labute approximate surface area is 135 Å². The maximum absolute atomic E-state index is 13.3. The van der Waals surface area contributed by atoms with Crippen LogP contribution in [0.15, 0.2) is 24.3 Å². The number of imidazole rings is 1. The van der Waals surface area contributed by atoms with Crippen LogP contribution in [0.2, 0.25) is 0 Å². The summed E-state index contributed by atoms with van der Waals surface area (Å²) in [5, 5.41) is 0. The topological polar surface area (TPSA) is 44.1 Å². The Kier molecular flexibility index (Phi) is 3.77. The van der Waals surface area contributed by atoms with Crippen molar-refractivity contribution in [1.29, 1.82) is 0 Å². The molecule has 0 saturated heterocycles. The molecule has 0 unspecified atom stereocenters. The Morgan fingerprint density at radius 2 is 2.09 bits per heavy atom. The molecule has 0 radical (unpaired) electrons. The number of nitrogens with zero attached hydrogens (tertiary/aromatic N) is 2. The highest BCUT2D eigenvalue weighted by molar-refractivity contribution is 6.52. The van der Waals surface area contributed by atoms with E-state index in [1.165, 1.54) is 13.0 Å². The van der Waals surface area contributed by atoms with Crippen molar-refractivity contribution < 1.29 is 18.3 Å². The van der Waals surface area contributed by atoms with Gasteiger partial charge in [-0.1, -0.05) is 12.1 Å². The molecule has 1 heterocycles. The number of halogens is 4. The van der Waals surface area contributed by atoms with Gasteiger partial charge in [0, 0.05) is 0 Å². The van der Waals surface area contributed by atoms with Crippen molar-refractivity contribution in [3.8, 4) is 0 Å². The van der Waals surface area contributed by atoms with Crippen molar-refractivity contribution >= 4 is 40.2 Å². The van der Waals surface area contributed by atoms with Crippen molar-refractivity contribution in [2.24, 2.45) is 5.92 Å². The highest BCUT2D eigenvalue weighted by Gasteiger charge is 2.57. The Balaban J connectivity index is 1.89. The molecule has 0 spiro atoms. The largest absolute Gasteiger partial charge is 0.454 e. The second-order valence-electron chi connectivity index (χ2n) is 5.20. The number of benzene rings is 1. The van der Waals surface area contributed by atoms with Crippen molar-refractivity contribution in [3.05, 3.63) is 30.1 Å². The van der Waals surface area contributed by atoms with Crippen molar-refractivity contribution in [3.63, 3.8) is 0 Å². The number of para-hydroxylation sites is 2. The molecule has 0 amide bonds. The second-order valence-corrected chi connectivity index (χ2v) is 6.75. The lowest BCUT2D eigenvalue weighted by atomic mass is 10.3. The zero-order chi connectivity index (χ0) is 16.1. The molecule has 3 rings (SSSR count). The average molecular weight is 349 g/mol. The average Bonchev–Trinajstić information content (AvgIpc) is 2.93. The Morgan fingerprint density at radius 3 is 2.68 bits per heavy atom. The Hall–Kier alpha value is -1.40. The minimum Gasteiger partial charge on any atom is -0.454 e. The van der Waals surface area contributed by atoms with E-state index in [1.54, 1.807) is 18.2 Å². The van der Waals surface area contributed by atoms with Crippen molar-refractivity contribution in [2.45, 2.75) is 30.3 Å². The molecule has 1 aliphatic rings. The second kappa shape index (κ2) is 5.35. The van der Waals surface area contributed by atoms with E-state index in [4.69, 9.17) is 27.9 Å². The summed E-state index contributed by atoms with van der Waals surface area (Å²) in [6, 6.07) is 6.50. The number of hydrogen-bond donors (Lipinski definition) is 0. The monoisotopic (exact) mass is 348 g/mol. The van der Waals surface area contributed by atoms with Crippen LogP contribution < -0.4 is 0 Å². The van der Waals surface area contributed by atoms with Crippen LogP contribution in [0.5, 0.6) is 0 Å². The van der Waals surface area contributed by atoms with E-state index in [0.717, 1.165) is 4.57 Å². The summed E-state index contributed by atoms with van der Waals surface area (Å²) >= 11 is 11.6. The summed E-state index contributed by atoms with van der Waals surface area (Å²) in [5.41, 5.74) is 0.696. The summed E-state index contributed by atoms with van der Waals surface area (Å²) in [6.07, 6.45) is -0.633. The standard InChI is InChI=1S/C14H12Cl2F2N2O2/c1-7(22-12(21)8-6-14(8,15)16)11-19-9-4-2-3-5-10(9)20(11)13(17)18/h2-5,7-8,13H,6H2,1H3/t7-,8-/m1/s1. The summed E-state index contributed by atoms with van der Waals surface area (Å²) in [4.78, 5) is 16.0. The summed E-state index contributed by atoms with van der Waals surface area (Å²) in [7, 11) is 0. The first-order chi connectivity index (χ1) is 10.3. The minimum absolute atomic E-state index is 0.0139. The smallest absolute Gasteiger partial charge is 0.320 e. The first-order valence-corrected chi connectivity index (χ1v) is 7.40. The molecule has 118 valence electrons. The number of alkyl halides is 4. The van der Waals surface area contributed by atoms with Crippen LogP contribution in [0.3, 0.4) is 0 Å². The van der Waals surface area contributed by atoms with Crippen LogP contribution in [0.4, 0.5) is 8.78 Å². The molecule has 2 atom stereocenters. The number of carbonyl (C=O) groups is 1. The van der Waals surface area contributed by atoms with E-state index in [-0.39, 0.29) is 11.3 Å². The molecule has 0 N–H and O–H groups in total. The van der Waals surface area contributed by atoms with Gasteiger partial charge in [0.25, 0.3) is 0 Å². The molecule has 22 heavy (non-hydrogen) atoms. The number of aromatic nitrogens is 2. The van der Waals surface area contributed by atoms with Gasteiger partial charge in [-0.3, -0.25) is 9.36 Å². The number of ether oxygens (including phenoxy) is 1. The van der Waals surface area contributed by atoms with Gasteiger partial charge in [0.05, 0.1) is 17.0 Å². The third-order valence-corrected chi connectivity index (χ3v) is 4.42. The zero-order valence-corrected chi connectivity index (χ0v) is 13.0. The first kappa shape index (κ1) is 15.5. The van der Waals surface area contributed by atoms with Crippen LogP contribution in [0.25, 0.3) is 11.0 Å². The molecular weight excluding hydrogens is 337 g/mol. The third-order valence-electron chi connectivity index (χ3n) is 3.59. The van der Waals surface area contributed by atoms with Gasteiger partial charge in [0.1, 0.15) is 4.33 Å². The fourth-order valence-corrected chi connectivity index (χ4v) is 2.82. The number of fused-ring (bicyclic) bond motifs is 1. The van der Waals surface area contributed by atoms with Crippen LogP contribution in [0.1, 0.15) is 31.8 Å². The van der Waals surface area contributed by atoms with E-state index >= 15 is 0 Å². The third kappa shape index (κ3) is 2.65. The van der Waals surface area contributed by atoms with Crippen LogP contribution >= 0.6 is 23.2 Å². The molecule has 1 aromatic heterocycles. The molecule has 1 aliphatic carbocycles. The molecule has 2 aromatic rings. The van der Waals surface area contributed by atoms with E-state index in [0.29, 0.717) is 11.9 Å². The summed E-state index contributed by atoms with van der Waals surface area (Å²) < 4.78 is 31.5. The maximum Gasteiger partial charge on any atom is 0.320 e. The normalized spacial score (nSPS) is 21.1. The molecular formula is C14H12Cl2F2N2O2. The molecule has 4 nitrogen and oxygen atoms in total. The lowest BCUT2D eigenvalue weighted by molar-refractivity contribution is -0.151. The highest BCUT2D eigenvalue weighted by Crippen LogP contribution is 2.54. The van der Waals surface area contributed by atoms with Crippen molar-refractivity contribution in [2.75, 3.05) is 0 Å². The fraction of sp³-hybridized carbons (Fsp3) is 0.429. The van der Waals surface area contributed by atoms with E-state index in [2.05, 4.69) is 4.98 Å². The van der Waals surface area contributed by atoms with Gasteiger partial charge >= 0.3 is 12.5 Å². The molecule has 1 saturated carbocycles. The van der Waals surface area contributed by atoms with Crippen LogP contribution in [-0.4, -0.2) is 19.9 Å². The molecule has 8 heteroatoms. The van der Waals surface area contributed by atoms with Gasteiger partial charge < -0.3 is 4.74 Å². The summed E-state index contributed by atoms with van der Waals surface area (Å²) in [5.74, 6) is -1.24. The number of esters is 1. The molecule has 0 bridgehead atoms. The quantitative estimate of drug-likeness (QED) is 0.613. The number of hydrogen-bond acceptors (Lipinski definition) is 3. The highest BCUT2D eigenvalue weighted by atomic mass is 35.5. The van der Waals surface area contributed by atoms with Gasteiger partial charge in [-0.25, -0.2) is 4.98 Å². The van der Waals surface area contributed by atoms with Gasteiger partial charge in [-0.2, -0.15) is 8.78 Å². The SMILES string of the molecule is C[C@@H](OC(=O)[C@H]1CC1(Cl)Cl)c1nc2ccccc2n1C(F)F. The molecule has 1 aromatic carbocycles. The number of carbonyl (C=O) groups excluding carboxylic acids is 1. The van der Waals surface area contributed by atoms with E-state index in [9.17, 15) is 13.6 Å². The zero-order valence-electron chi connectivity index (χ0n) is 11.5. The van der Waals surface area contributed by atoms with Crippen LogP contribution in [-0.2, 0) is 9.53 Å². The molecule has 1 fully saturated rings. The lowest BCUT2D eigenvalue weighted by Crippen LogP contribution is -2.17. The minimum atomic E-state index is -2.79. The number of rotatable bonds is 4. The van der Waals surface area contributed by atoms with Gasteiger partial charge in [-0.15, -0.1) is 23.2 Å². The van der Waals surface area contributed by atoms with Crippen molar-refractivity contribution in [1.82, 2.24) is 9.55 Å². The predicted octanol–water partition coefficient (Wildman–Crippen LogP) is 4.23. The van der Waals surface area contributed by atoms with E-state index < -0.39 is 28.9 Å².